The van der Waals surface area contributed by atoms with E-state index < -0.39 is 0 Å². The van der Waals surface area contributed by atoms with Gasteiger partial charge in [-0.2, -0.15) is 5.01 Å². The Bertz CT molecular complexity index is 440. The van der Waals surface area contributed by atoms with Crippen molar-refractivity contribution < 1.29 is 9.31 Å². The van der Waals surface area contributed by atoms with E-state index in [0.29, 0.717) is 0 Å². The van der Waals surface area contributed by atoms with Crippen LogP contribution in [0.15, 0.2) is 41.1 Å². The summed E-state index contributed by atoms with van der Waals surface area (Å²) in [6, 6.07) is 10.3. The van der Waals surface area contributed by atoms with Crippen LogP contribution >= 0.6 is 0 Å². The molecule has 0 saturated heterocycles. The van der Waals surface area contributed by atoms with Gasteiger partial charge in [0.2, 0.25) is 5.27 Å². The Morgan fingerprint density at radius 2 is 2.12 bits per heavy atom. The van der Waals surface area contributed by atoms with Crippen molar-refractivity contribution in [2.45, 2.75) is 6.42 Å². The van der Waals surface area contributed by atoms with E-state index in [1.165, 1.54) is 16.6 Å². The highest BCUT2D eigenvalue weighted by molar-refractivity contribution is 5.19. The molecule has 2 rings (SSSR count). The van der Waals surface area contributed by atoms with E-state index in [1.807, 2.05) is 30.3 Å². The average Bonchev–Trinajstić information content (AvgIpc) is 2.74. The molecule has 5 nitrogen and oxygen atoms in total. The first kappa shape index (κ1) is 10.5. The van der Waals surface area contributed by atoms with Crippen molar-refractivity contribution in [3.8, 4) is 0 Å². The number of nitrogens with zero attached hydrogens (tertiary/aromatic N) is 3. The summed E-state index contributed by atoms with van der Waals surface area (Å²) in [7, 11) is 1.91. The van der Waals surface area contributed by atoms with Crippen LogP contribution in [0.4, 0.5) is 5.88 Å². The maximum absolute atomic E-state index is 7.23. The smallest absolute Gasteiger partial charge is 0.256 e. The van der Waals surface area contributed by atoms with Gasteiger partial charge in [0.05, 0.1) is 18.4 Å². The minimum absolute atomic E-state index is 0.0616. The van der Waals surface area contributed by atoms with Crippen LogP contribution in [0.2, 0.25) is 0 Å². The van der Waals surface area contributed by atoms with Crippen LogP contribution in [-0.4, -0.2) is 18.9 Å². The number of nitrogens with one attached hydrogen (secondary N) is 1. The molecular weight excluding hydrogens is 204 g/mol. The monoisotopic (exact) mass is 218 g/mol. The molecule has 0 fully saturated rings. The van der Waals surface area contributed by atoms with Crippen LogP contribution < -0.4 is 9.80 Å². The van der Waals surface area contributed by atoms with Gasteiger partial charge in [-0.3, -0.25) is 0 Å². The van der Waals surface area contributed by atoms with E-state index in [2.05, 4.69) is 21.9 Å². The number of hydrogen-bond acceptors (Lipinski definition) is 3. The first-order chi connectivity index (χ1) is 7.75. The van der Waals surface area contributed by atoms with Crippen molar-refractivity contribution in [3.05, 3.63) is 47.8 Å². The molecule has 0 aliphatic carbocycles. The van der Waals surface area contributed by atoms with Crippen molar-refractivity contribution in [3.63, 3.8) is 0 Å². The minimum Gasteiger partial charge on any atom is -0.660 e. The summed E-state index contributed by atoms with van der Waals surface area (Å²) in [5.74, 6) is 0.0616. The molecule has 16 heavy (non-hydrogen) atoms. The third kappa shape index (κ3) is 2.50. The highest BCUT2D eigenvalue weighted by Gasteiger charge is 2.11. The molecular formula is C11H14N4O. The summed E-state index contributed by atoms with van der Waals surface area (Å²) in [5.41, 5.74) is 8.51. The van der Waals surface area contributed by atoms with Gasteiger partial charge in [-0.1, -0.05) is 30.3 Å². The van der Waals surface area contributed by atoms with Gasteiger partial charge >= 0.3 is 0 Å². The number of rotatable bonds is 4. The zero-order valence-corrected chi connectivity index (χ0v) is 9.13. The Balaban J connectivity index is 1.91. The molecule has 1 aromatic heterocycles. The third-order valence-electron chi connectivity index (χ3n) is 2.37. The molecule has 84 valence electrons. The predicted molar refractivity (Wildman–Crippen MR) is 59.8 cm³/mol. The second kappa shape index (κ2) is 4.65. The van der Waals surface area contributed by atoms with E-state index in [-0.39, 0.29) is 5.88 Å². The van der Waals surface area contributed by atoms with E-state index in [9.17, 15) is 0 Å². The van der Waals surface area contributed by atoms with Crippen LogP contribution in [0, 0.1) is 0 Å². The topological polar surface area (TPSA) is 57.0 Å². The first-order valence-corrected chi connectivity index (χ1v) is 5.11. The van der Waals surface area contributed by atoms with Gasteiger partial charge < -0.3 is 10.3 Å². The van der Waals surface area contributed by atoms with Gasteiger partial charge in [0.15, 0.2) is 0 Å². The molecule has 0 bridgehead atoms. The van der Waals surface area contributed by atoms with Crippen LogP contribution in [-0.2, 0) is 6.42 Å². The van der Waals surface area contributed by atoms with E-state index in [1.54, 1.807) is 0 Å². The summed E-state index contributed by atoms with van der Waals surface area (Å²) in [6.45, 7) is 0.820. The number of likely N-dealkylation sites (N-methyl/N-ethyl adjacent to an activating group) is 1. The molecule has 0 amide bonds. The standard InChI is InChI=1S/C11H14N4O/c1-14(15-9-11(12)16-13-15)8-7-10-5-3-2-4-6-10/h2-6,9,12H,7-8H2,1H3. The first-order valence-electron chi connectivity index (χ1n) is 5.11. The fraction of sp³-hybridized carbons (Fsp3) is 0.273. The zero-order valence-electron chi connectivity index (χ0n) is 9.13. The molecule has 0 spiro atoms. The maximum Gasteiger partial charge on any atom is 0.256 e. The van der Waals surface area contributed by atoms with E-state index in [0.717, 1.165) is 13.0 Å². The lowest BCUT2D eigenvalue weighted by Gasteiger charge is -2.07. The number of hydrogen-bond donors (Lipinski definition) is 0. The van der Waals surface area contributed by atoms with Crippen molar-refractivity contribution in [2.24, 2.45) is 0 Å². The highest BCUT2D eigenvalue weighted by Crippen LogP contribution is 2.02. The lowest BCUT2D eigenvalue weighted by Crippen LogP contribution is -2.57. The van der Waals surface area contributed by atoms with Crippen LogP contribution in [0.25, 0.3) is 5.73 Å². The fourth-order valence-electron chi connectivity index (χ4n) is 1.44. The van der Waals surface area contributed by atoms with Gasteiger partial charge in [-0.05, 0) is 12.0 Å². The van der Waals surface area contributed by atoms with E-state index >= 15 is 0 Å². The molecule has 1 N–H and O–H groups in total. The maximum atomic E-state index is 7.23. The fourth-order valence-corrected chi connectivity index (χ4v) is 1.44. The van der Waals surface area contributed by atoms with Crippen LogP contribution in [0.1, 0.15) is 5.56 Å². The molecule has 0 radical (unpaired) electrons. The highest BCUT2D eigenvalue weighted by atomic mass is 16.5. The molecule has 0 unspecified atom stereocenters. The Kier molecular flexibility index (Phi) is 3.05. The zero-order chi connectivity index (χ0) is 11.4. The Hall–Kier alpha value is -2.04. The van der Waals surface area contributed by atoms with Crippen LogP contribution in [0.3, 0.4) is 0 Å². The lowest BCUT2D eigenvalue weighted by atomic mass is 10.1. The number of benzene rings is 1. The van der Waals surface area contributed by atoms with Crippen LogP contribution in [0.5, 0.6) is 0 Å². The molecule has 1 heterocycles. The second-order valence-corrected chi connectivity index (χ2v) is 3.60. The van der Waals surface area contributed by atoms with Crippen molar-refractivity contribution in [2.75, 3.05) is 18.6 Å². The molecule has 0 aliphatic heterocycles. The van der Waals surface area contributed by atoms with Gasteiger partial charge in [0.25, 0.3) is 6.20 Å². The number of aromatic nitrogens is 2. The molecule has 5 heteroatoms. The van der Waals surface area contributed by atoms with Crippen molar-refractivity contribution >= 4 is 5.88 Å². The Labute approximate surface area is 94.0 Å². The van der Waals surface area contributed by atoms with Gasteiger partial charge in [0, 0.05) is 0 Å². The largest absolute Gasteiger partial charge is 0.660 e. The normalized spacial score (nSPS) is 10.3. The van der Waals surface area contributed by atoms with E-state index in [4.69, 9.17) is 5.73 Å². The molecule has 0 aliphatic rings. The summed E-state index contributed by atoms with van der Waals surface area (Å²) in [5, 5.41) is 5.61. The van der Waals surface area contributed by atoms with Gasteiger partial charge in [-0.15, -0.1) is 0 Å². The molecule has 0 atom stereocenters. The Morgan fingerprint density at radius 1 is 1.38 bits per heavy atom. The van der Waals surface area contributed by atoms with Crippen molar-refractivity contribution in [1.82, 2.24) is 5.27 Å². The van der Waals surface area contributed by atoms with Gasteiger partial charge in [-0.25, -0.2) is 0 Å². The third-order valence-corrected chi connectivity index (χ3v) is 2.37. The Morgan fingerprint density at radius 3 is 2.75 bits per heavy atom. The molecule has 2 aromatic rings. The van der Waals surface area contributed by atoms with Crippen molar-refractivity contribution in [1.29, 1.82) is 0 Å². The summed E-state index contributed by atoms with van der Waals surface area (Å²) in [6.07, 6.45) is 2.47. The predicted octanol–water partition coefficient (Wildman–Crippen LogP) is 1.46. The average molecular weight is 218 g/mol. The second-order valence-electron chi connectivity index (χ2n) is 3.60. The van der Waals surface area contributed by atoms with Gasteiger partial charge in [0.1, 0.15) is 5.88 Å². The molecule has 1 aromatic carbocycles. The molecule has 0 saturated carbocycles. The minimum atomic E-state index is 0.0616. The summed E-state index contributed by atoms with van der Waals surface area (Å²) >= 11 is 0. The lowest BCUT2D eigenvalue weighted by molar-refractivity contribution is -0.755. The SMILES string of the molecule is CN(CCc1ccccc1)[n+]1cc([NH-])on1. The summed E-state index contributed by atoms with van der Waals surface area (Å²) in [4.78, 5) is 1.53. The quantitative estimate of drug-likeness (QED) is 0.730. The summed E-state index contributed by atoms with van der Waals surface area (Å²) < 4.78 is 4.68.